The molecule has 0 aliphatic rings. The predicted molar refractivity (Wildman–Crippen MR) is 87.1 cm³/mol. The number of pyridine rings is 1. The molecule has 0 saturated carbocycles. The van der Waals surface area contributed by atoms with Crippen molar-refractivity contribution in [2.75, 3.05) is 0 Å². The highest BCUT2D eigenvalue weighted by Crippen LogP contribution is 2.18. The van der Waals surface area contributed by atoms with E-state index in [2.05, 4.69) is 34.0 Å². The average Bonchev–Trinajstić information content (AvgIpc) is 2.94. The van der Waals surface area contributed by atoms with Crippen molar-refractivity contribution in [1.82, 2.24) is 15.0 Å². The molecule has 0 aliphatic carbocycles. The largest absolute Gasteiger partial charge is 0.341 e. The first-order valence-electron chi connectivity index (χ1n) is 7.67. The summed E-state index contributed by atoms with van der Waals surface area (Å²) in [5.41, 5.74) is 4.11. The molecule has 0 radical (unpaired) electrons. The summed E-state index contributed by atoms with van der Waals surface area (Å²) in [6.45, 7) is 2.16. The highest BCUT2D eigenvalue weighted by atomic mass is 16.1. The van der Waals surface area contributed by atoms with E-state index >= 15 is 0 Å². The summed E-state index contributed by atoms with van der Waals surface area (Å²) >= 11 is 0. The van der Waals surface area contributed by atoms with Crippen molar-refractivity contribution in [3.63, 3.8) is 0 Å². The number of aromatic nitrogens is 3. The Morgan fingerprint density at radius 3 is 2.73 bits per heavy atom. The SMILES string of the molecule is CCCCc1nc2nc(C=O)c(Cc3ccccc3)cc2[nH]1. The van der Waals surface area contributed by atoms with E-state index in [9.17, 15) is 4.79 Å². The van der Waals surface area contributed by atoms with E-state index in [4.69, 9.17) is 0 Å². The summed E-state index contributed by atoms with van der Waals surface area (Å²) in [6, 6.07) is 12.1. The predicted octanol–water partition coefficient (Wildman–Crippen LogP) is 3.70. The van der Waals surface area contributed by atoms with Crippen LogP contribution in [0.15, 0.2) is 36.4 Å². The molecule has 0 atom stereocenters. The normalized spacial score (nSPS) is 11.0. The van der Waals surface area contributed by atoms with Gasteiger partial charge >= 0.3 is 0 Å². The minimum Gasteiger partial charge on any atom is -0.341 e. The molecule has 3 aromatic rings. The van der Waals surface area contributed by atoms with Gasteiger partial charge in [0, 0.05) is 6.42 Å². The number of fused-ring (bicyclic) bond motifs is 1. The number of carbonyl (C=O) groups excluding carboxylic acids is 1. The van der Waals surface area contributed by atoms with Crippen molar-refractivity contribution in [2.24, 2.45) is 0 Å². The van der Waals surface area contributed by atoms with Crippen molar-refractivity contribution in [2.45, 2.75) is 32.6 Å². The van der Waals surface area contributed by atoms with E-state index in [-0.39, 0.29) is 0 Å². The maximum absolute atomic E-state index is 11.3. The van der Waals surface area contributed by atoms with Gasteiger partial charge in [-0.1, -0.05) is 43.7 Å². The first kappa shape index (κ1) is 14.4. The molecular formula is C18H19N3O. The van der Waals surface area contributed by atoms with Crippen molar-refractivity contribution in [3.8, 4) is 0 Å². The van der Waals surface area contributed by atoms with Crippen LogP contribution in [0.3, 0.4) is 0 Å². The van der Waals surface area contributed by atoms with Crippen LogP contribution in [-0.2, 0) is 12.8 Å². The van der Waals surface area contributed by atoms with E-state index < -0.39 is 0 Å². The zero-order chi connectivity index (χ0) is 15.4. The molecule has 1 N–H and O–H groups in total. The topological polar surface area (TPSA) is 58.6 Å². The molecule has 2 aromatic heterocycles. The number of unbranched alkanes of at least 4 members (excludes halogenated alkanes) is 1. The second-order valence-corrected chi connectivity index (χ2v) is 5.47. The Labute approximate surface area is 129 Å². The van der Waals surface area contributed by atoms with Crippen molar-refractivity contribution >= 4 is 17.5 Å². The fourth-order valence-corrected chi connectivity index (χ4v) is 2.57. The fraction of sp³-hybridized carbons (Fsp3) is 0.278. The Balaban J connectivity index is 1.96. The monoisotopic (exact) mass is 293 g/mol. The smallest absolute Gasteiger partial charge is 0.178 e. The molecule has 0 fully saturated rings. The number of aryl methyl sites for hydroxylation is 1. The second-order valence-electron chi connectivity index (χ2n) is 5.47. The summed E-state index contributed by atoms with van der Waals surface area (Å²) in [6.07, 6.45) is 4.65. The van der Waals surface area contributed by atoms with Crippen LogP contribution >= 0.6 is 0 Å². The number of hydrogen-bond donors (Lipinski definition) is 1. The highest BCUT2D eigenvalue weighted by molar-refractivity contribution is 5.81. The number of aldehydes is 1. The van der Waals surface area contributed by atoms with Crippen LogP contribution in [0.25, 0.3) is 11.2 Å². The molecule has 1 aromatic carbocycles. The van der Waals surface area contributed by atoms with Gasteiger partial charge in [0.25, 0.3) is 0 Å². The van der Waals surface area contributed by atoms with Gasteiger partial charge < -0.3 is 4.98 Å². The third-order valence-corrected chi connectivity index (χ3v) is 3.75. The fourth-order valence-electron chi connectivity index (χ4n) is 2.57. The molecule has 3 rings (SSSR count). The first-order valence-corrected chi connectivity index (χ1v) is 7.67. The molecule has 22 heavy (non-hydrogen) atoms. The summed E-state index contributed by atoms with van der Waals surface area (Å²) in [5.74, 6) is 0.943. The van der Waals surface area contributed by atoms with Gasteiger partial charge in [0.05, 0.1) is 5.52 Å². The number of aromatic amines is 1. The third kappa shape index (κ3) is 3.06. The van der Waals surface area contributed by atoms with E-state index in [0.29, 0.717) is 17.8 Å². The van der Waals surface area contributed by atoms with Gasteiger partial charge in [-0.15, -0.1) is 0 Å². The molecule has 0 saturated heterocycles. The Bertz CT molecular complexity index is 778. The molecule has 0 bridgehead atoms. The van der Waals surface area contributed by atoms with Crippen LogP contribution in [-0.4, -0.2) is 21.2 Å². The van der Waals surface area contributed by atoms with Gasteiger partial charge in [-0.2, -0.15) is 0 Å². The summed E-state index contributed by atoms with van der Waals surface area (Å²) in [4.78, 5) is 23.5. The molecule has 112 valence electrons. The molecule has 0 aliphatic heterocycles. The Morgan fingerprint density at radius 1 is 1.18 bits per heavy atom. The van der Waals surface area contributed by atoms with Gasteiger partial charge in [0.2, 0.25) is 0 Å². The van der Waals surface area contributed by atoms with Gasteiger partial charge in [-0.3, -0.25) is 4.79 Å². The minimum absolute atomic E-state index is 0.477. The molecule has 0 spiro atoms. The summed E-state index contributed by atoms with van der Waals surface area (Å²) < 4.78 is 0. The first-order chi connectivity index (χ1) is 10.8. The van der Waals surface area contributed by atoms with Crippen LogP contribution in [0, 0.1) is 0 Å². The van der Waals surface area contributed by atoms with E-state index in [1.54, 1.807) is 0 Å². The number of rotatable bonds is 6. The Kier molecular flexibility index (Phi) is 4.28. The van der Waals surface area contributed by atoms with Crippen LogP contribution in [0.1, 0.15) is 47.2 Å². The second kappa shape index (κ2) is 6.52. The molecule has 4 nitrogen and oxygen atoms in total. The third-order valence-electron chi connectivity index (χ3n) is 3.75. The van der Waals surface area contributed by atoms with Gasteiger partial charge in [-0.05, 0) is 30.0 Å². The lowest BCUT2D eigenvalue weighted by Crippen LogP contribution is -1.98. The summed E-state index contributed by atoms with van der Waals surface area (Å²) in [7, 11) is 0. The maximum atomic E-state index is 11.3. The zero-order valence-corrected chi connectivity index (χ0v) is 12.7. The lowest BCUT2D eigenvalue weighted by atomic mass is 10.0. The molecule has 2 heterocycles. The molecule has 0 unspecified atom stereocenters. The number of imidazole rings is 1. The van der Waals surface area contributed by atoms with E-state index in [0.717, 1.165) is 48.0 Å². The van der Waals surface area contributed by atoms with E-state index in [1.807, 2.05) is 24.3 Å². The highest BCUT2D eigenvalue weighted by Gasteiger charge is 2.11. The van der Waals surface area contributed by atoms with Crippen LogP contribution in [0.4, 0.5) is 0 Å². The number of nitrogens with zero attached hydrogens (tertiary/aromatic N) is 2. The van der Waals surface area contributed by atoms with Crippen molar-refractivity contribution in [1.29, 1.82) is 0 Å². The summed E-state index contributed by atoms with van der Waals surface area (Å²) in [5, 5.41) is 0. The molecule has 4 heteroatoms. The van der Waals surface area contributed by atoms with Crippen molar-refractivity contribution < 1.29 is 4.79 Å². The number of H-pyrrole nitrogens is 1. The maximum Gasteiger partial charge on any atom is 0.178 e. The quantitative estimate of drug-likeness (QED) is 0.705. The standard InChI is InChI=1S/C18H19N3O/c1-2-3-9-17-19-15-11-14(10-13-7-5-4-6-8-13)16(12-22)20-18(15)21-17/h4-8,11-12H,2-3,9-10H2,1H3,(H,19,20,21). The number of carbonyl (C=O) groups is 1. The van der Waals surface area contributed by atoms with Crippen LogP contribution < -0.4 is 0 Å². The minimum atomic E-state index is 0.477. The van der Waals surface area contributed by atoms with Gasteiger partial charge in [0.15, 0.2) is 11.9 Å². The average molecular weight is 293 g/mol. The van der Waals surface area contributed by atoms with Gasteiger partial charge in [0.1, 0.15) is 11.5 Å². The lowest BCUT2D eigenvalue weighted by Gasteiger charge is -2.04. The Morgan fingerprint density at radius 2 is 2.00 bits per heavy atom. The lowest BCUT2D eigenvalue weighted by molar-refractivity contribution is 0.111. The van der Waals surface area contributed by atoms with Crippen LogP contribution in [0.2, 0.25) is 0 Å². The molecular weight excluding hydrogens is 274 g/mol. The van der Waals surface area contributed by atoms with E-state index in [1.165, 1.54) is 0 Å². The number of hydrogen-bond acceptors (Lipinski definition) is 3. The Hall–Kier alpha value is -2.49. The van der Waals surface area contributed by atoms with Crippen molar-refractivity contribution in [3.05, 3.63) is 59.0 Å². The van der Waals surface area contributed by atoms with Crippen LogP contribution in [0.5, 0.6) is 0 Å². The zero-order valence-electron chi connectivity index (χ0n) is 12.7. The molecule has 0 amide bonds. The van der Waals surface area contributed by atoms with Gasteiger partial charge in [-0.25, -0.2) is 9.97 Å². The number of nitrogens with one attached hydrogen (secondary N) is 1. The number of benzene rings is 1.